The molecule has 1 N–H and O–H groups in total. The zero-order valence-corrected chi connectivity index (χ0v) is 12.6. The van der Waals surface area contributed by atoms with Gasteiger partial charge in [0.25, 0.3) is 0 Å². The smallest absolute Gasteiger partial charge is 0.323 e. The first-order valence-electron chi connectivity index (χ1n) is 7.23. The van der Waals surface area contributed by atoms with Crippen molar-refractivity contribution in [2.75, 3.05) is 7.11 Å². The summed E-state index contributed by atoms with van der Waals surface area (Å²) in [6.07, 6.45) is 5.85. The minimum Gasteiger partial charge on any atom is -0.468 e. The molecule has 0 aliphatic heterocycles. The zero-order valence-electron chi connectivity index (χ0n) is 12.6. The van der Waals surface area contributed by atoms with E-state index in [2.05, 4.69) is 33.0 Å². The zero-order chi connectivity index (χ0) is 13.8. The highest BCUT2D eigenvalue weighted by atomic mass is 16.5. The molecule has 0 amide bonds. The van der Waals surface area contributed by atoms with Crippen LogP contribution in [0, 0.1) is 11.3 Å². The Morgan fingerprint density at radius 3 is 2.67 bits per heavy atom. The van der Waals surface area contributed by atoms with Gasteiger partial charge in [0.05, 0.1) is 7.11 Å². The molecule has 0 saturated heterocycles. The lowest BCUT2D eigenvalue weighted by Gasteiger charge is -2.38. The molecule has 1 aliphatic carbocycles. The van der Waals surface area contributed by atoms with Gasteiger partial charge >= 0.3 is 5.97 Å². The Labute approximate surface area is 112 Å². The van der Waals surface area contributed by atoms with Gasteiger partial charge in [-0.25, -0.2) is 0 Å². The number of methoxy groups -OCH3 is 1. The molecule has 3 unspecified atom stereocenters. The Morgan fingerprint density at radius 2 is 2.17 bits per heavy atom. The molecular weight excluding hydrogens is 226 g/mol. The molecule has 0 aromatic rings. The second kappa shape index (κ2) is 6.55. The summed E-state index contributed by atoms with van der Waals surface area (Å²) < 4.78 is 4.93. The van der Waals surface area contributed by atoms with E-state index in [0.29, 0.717) is 17.4 Å². The van der Waals surface area contributed by atoms with Crippen LogP contribution < -0.4 is 5.32 Å². The largest absolute Gasteiger partial charge is 0.468 e. The van der Waals surface area contributed by atoms with E-state index in [4.69, 9.17) is 4.74 Å². The number of hydrogen-bond acceptors (Lipinski definition) is 3. The van der Waals surface area contributed by atoms with Gasteiger partial charge in [-0.3, -0.25) is 4.79 Å². The standard InChI is InChI=1S/C15H29NO2/c1-6-11(2)13(14(17)18-5)16-12-8-7-9-15(3,4)10-12/h11-13,16H,6-10H2,1-5H3. The Balaban J connectivity index is 2.62. The molecule has 106 valence electrons. The van der Waals surface area contributed by atoms with Gasteiger partial charge in [0, 0.05) is 6.04 Å². The number of rotatable bonds is 5. The molecule has 0 radical (unpaired) electrons. The Morgan fingerprint density at radius 1 is 1.50 bits per heavy atom. The molecule has 0 bridgehead atoms. The Hall–Kier alpha value is -0.570. The average Bonchev–Trinajstić information content (AvgIpc) is 2.33. The number of nitrogens with one attached hydrogen (secondary N) is 1. The van der Waals surface area contributed by atoms with Gasteiger partial charge in [-0.2, -0.15) is 0 Å². The van der Waals surface area contributed by atoms with Crippen molar-refractivity contribution in [1.29, 1.82) is 0 Å². The number of esters is 1. The van der Waals surface area contributed by atoms with Gasteiger partial charge in [-0.05, 0) is 30.6 Å². The normalized spacial score (nSPS) is 26.4. The monoisotopic (exact) mass is 255 g/mol. The summed E-state index contributed by atoms with van der Waals surface area (Å²) in [5.41, 5.74) is 0.395. The van der Waals surface area contributed by atoms with Crippen LogP contribution in [0.3, 0.4) is 0 Å². The van der Waals surface area contributed by atoms with E-state index in [1.807, 2.05) is 0 Å². The minimum atomic E-state index is -0.154. The minimum absolute atomic E-state index is 0.118. The molecule has 0 aromatic carbocycles. The topological polar surface area (TPSA) is 38.3 Å². The third-order valence-electron chi connectivity index (χ3n) is 4.29. The van der Waals surface area contributed by atoms with Crippen LogP contribution in [0.1, 0.15) is 59.8 Å². The average molecular weight is 255 g/mol. The van der Waals surface area contributed by atoms with Gasteiger partial charge in [-0.1, -0.05) is 40.5 Å². The summed E-state index contributed by atoms with van der Waals surface area (Å²) in [7, 11) is 1.48. The van der Waals surface area contributed by atoms with E-state index >= 15 is 0 Å². The first-order chi connectivity index (χ1) is 8.39. The predicted octanol–water partition coefficient (Wildman–Crippen LogP) is 3.13. The molecule has 3 atom stereocenters. The number of hydrogen-bond donors (Lipinski definition) is 1. The van der Waals surface area contributed by atoms with Crippen molar-refractivity contribution in [2.24, 2.45) is 11.3 Å². The van der Waals surface area contributed by atoms with Crippen LogP contribution in [0.15, 0.2) is 0 Å². The molecule has 0 heterocycles. The predicted molar refractivity (Wildman–Crippen MR) is 74.4 cm³/mol. The van der Waals surface area contributed by atoms with E-state index in [1.165, 1.54) is 26.4 Å². The van der Waals surface area contributed by atoms with Crippen LogP contribution >= 0.6 is 0 Å². The van der Waals surface area contributed by atoms with Gasteiger partial charge < -0.3 is 10.1 Å². The van der Waals surface area contributed by atoms with E-state index in [0.717, 1.165) is 12.8 Å². The fourth-order valence-corrected chi connectivity index (χ4v) is 2.92. The molecule has 3 heteroatoms. The van der Waals surface area contributed by atoms with Crippen LogP contribution in [0.2, 0.25) is 0 Å². The molecular formula is C15H29NO2. The van der Waals surface area contributed by atoms with Gasteiger partial charge in [0.1, 0.15) is 6.04 Å². The number of ether oxygens (including phenoxy) is 1. The quantitative estimate of drug-likeness (QED) is 0.767. The van der Waals surface area contributed by atoms with Crippen LogP contribution in [0.5, 0.6) is 0 Å². The van der Waals surface area contributed by atoms with Crippen molar-refractivity contribution < 1.29 is 9.53 Å². The molecule has 18 heavy (non-hydrogen) atoms. The van der Waals surface area contributed by atoms with Crippen molar-refractivity contribution in [2.45, 2.75) is 71.9 Å². The molecule has 0 aromatic heterocycles. The molecule has 1 fully saturated rings. The van der Waals surface area contributed by atoms with E-state index in [-0.39, 0.29) is 12.0 Å². The van der Waals surface area contributed by atoms with Crippen LogP contribution in [-0.2, 0) is 9.53 Å². The first kappa shape index (κ1) is 15.5. The molecule has 1 rings (SSSR count). The van der Waals surface area contributed by atoms with Crippen LogP contribution in [-0.4, -0.2) is 25.2 Å². The molecule has 1 saturated carbocycles. The molecule has 3 nitrogen and oxygen atoms in total. The van der Waals surface area contributed by atoms with Gasteiger partial charge in [0.15, 0.2) is 0 Å². The SMILES string of the molecule is CCC(C)C(NC1CCCC(C)(C)C1)C(=O)OC. The Kier molecular flexibility index (Phi) is 5.64. The highest BCUT2D eigenvalue weighted by molar-refractivity contribution is 5.76. The summed E-state index contributed by atoms with van der Waals surface area (Å²) in [6.45, 7) is 8.87. The highest BCUT2D eigenvalue weighted by Gasteiger charge is 2.32. The van der Waals surface area contributed by atoms with E-state index in [1.54, 1.807) is 0 Å². The summed E-state index contributed by atoms with van der Waals surface area (Å²) in [5, 5.41) is 3.54. The first-order valence-corrected chi connectivity index (χ1v) is 7.23. The maximum Gasteiger partial charge on any atom is 0.323 e. The molecule has 1 aliphatic rings. The summed E-state index contributed by atoms with van der Waals surface area (Å²) >= 11 is 0. The van der Waals surface area contributed by atoms with Crippen molar-refractivity contribution in [3.8, 4) is 0 Å². The summed E-state index contributed by atoms with van der Waals surface area (Å²) in [4.78, 5) is 11.9. The van der Waals surface area contributed by atoms with Crippen LogP contribution in [0.25, 0.3) is 0 Å². The molecule has 0 spiro atoms. The van der Waals surface area contributed by atoms with Crippen LogP contribution in [0.4, 0.5) is 0 Å². The van der Waals surface area contributed by atoms with E-state index in [9.17, 15) is 4.79 Å². The van der Waals surface area contributed by atoms with Crippen molar-refractivity contribution >= 4 is 5.97 Å². The lowest BCUT2D eigenvalue weighted by molar-refractivity contribution is -0.145. The Bertz CT molecular complexity index is 276. The van der Waals surface area contributed by atoms with Crippen molar-refractivity contribution in [3.05, 3.63) is 0 Å². The second-order valence-corrected chi connectivity index (χ2v) is 6.51. The fourth-order valence-electron chi connectivity index (χ4n) is 2.92. The number of carbonyl (C=O) groups is 1. The van der Waals surface area contributed by atoms with Crippen molar-refractivity contribution in [3.63, 3.8) is 0 Å². The summed E-state index contributed by atoms with van der Waals surface area (Å²) in [6, 6.07) is 0.297. The lowest BCUT2D eigenvalue weighted by Crippen LogP contribution is -2.49. The maximum atomic E-state index is 11.9. The third-order valence-corrected chi connectivity index (χ3v) is 4.29. The highest BCUT2D eigenvalue weighted by Crippen LogP contribution is 2.35. The number of carbonyl (C=O) groups excluding carboxylic acids is 1. The van der Waals surface area contributed by atoms with E-state index < -0.39 is 0 Å². The third kappa shape index (κ3) is 4.27. The lowest BCUT2D eigenvalue weighted by atomic mass is 9.75. The van der Waals surface area contributed by atoms with Crippen molar-refractivity contribution in [1.82, 2.24) is 5.32 Å². The fraction of sp³-hybridized carbons (Fsp3) is 0.933. The van der Waals surface area contributed by atoms with Gasteiger partial charge in [-0.15, -0.1) is 0 Å². The summed E-state index contributed by atoms with van der Waals surface area (Å²) in [5.74, 6) is 0.204. The maximum absolute atomic E-state index is 11.9. The van der Waals surface area contributed by atoms with Gasteiger partial charge in [0.2, 0.25) is 0 Å². The second-order valence-electron chi connectivity index (χ2n) is 6.51.